The van der Waals surface area contributed by atoms with E-state index in [0.29, 0.717) is 17.3 Å². The highest BCUT2D eigenvalue weighted by Gasteiger charge is 2.43. The van der Waals surface area contributed by atoms with Crippen LogP contribution < -0.4 is 5.32 Å². The minimum atomic E-state index is -4.13. The quantitative estimate of drug-likeness (QED) is 0.605. The van der Waals surface area contributed by atoms with Crippen molar-refractivity contribution >= 4 is 27.7 Å². The molecule has 176 valence electrons. The van der Waals surface area contributed by atoms with E-state index in [-0.39, 0.29) is 22.9 Å². The summed E-state index contributed by atoms with van der Waals surface area (Å²) in [7, 11) is -4.13. The Kier molecular flexibility index (Phi) is 7.53. The Hall–Kier alpha value is -3.20. The number of fused-ring (bicyclic) bond motifs is 1. The van der Waals surface area contributed by atoms with Crippen LogP contribution in [0.4, 0.5) is 0 Å². The topological polar surface area (TPSA) is 104 Å². The molecule has 8 nitrogen and oxygen atoms in total. The Labute approximate surface area is 194 Å². The average molecular weight is 472 g/mol. The highest BCUT2D eigenvalue weighted by Crippen LogP contribution is 2.30. The second kappa shape index (κ2) is 10.2. The van der Waals surface area contributed by atoms with Crippen LogP contribution in [-0.4, -0.2) is 54.5 Å². The van der Waals surface area contributed by atoms with E-state index in [1.165, 1.54) is 23.1 Å². The molecule has 0 spiro atoms. The van der Waals surface area contributed by atoms with E-state index < -0.39 is 34.4 Å². The second-order valence-corrected chi connectivity index (χ2v) is 9.87. The van der Waals surface area contributed by atoms with Gasteiger partial charge in [0.2, 0.25) is 11.8 Å². The predicted octanol–water partition coefficient (Wildman–Crippen LogP) is 2.47. The second-order valence-electron chi connectivity index (χ2n) is 8.04. The van der Waals surface area contributed by atoms with Gasteiger partial charge in [-0.25, -0.2) is 12.7 Å². The molecule has 1 atom stereocenters. The lowest BCUT2D eigenvalue weighted by Crippen LogP contribution is -2.52. The van der Waals surface area contributed by atoms with Gasteiger partial charge in [-0.3, -0.25) is 14.4 Å². The molecule has 0 aromatic heterocycles. The molecule has 0 aliphatic carbocycles. The first-order chi connectivity index (χ1) is 15.7. The molecule has 0 saturated heterocycles. The molecule has 2 aromatic rings. The van der Waals surface area contributed by atoms with E-state index >= 15 is 0 Å². The Morgan fingerprint density at radius 2 is 1.82 bits per heavy atom. The molecular formula is C24H29N3O5S. The first-order valence-electron chi connectivity index (χ1n) is 11.0. The molecule has 1 aliphatic heterocycles. The Balaban J connectivity index is 1.92. The summed E-state index contributed by atoms with van der Waals surface area (Å²) in [6.07, 6.45) is 1.08. The molecule has 3 amide bonds. The molecule has 33 heavy (non-hydrogen) atoms. The number of nitrogens with one attached hydrogen (secondary N) is 1. The molecule has 0 saturated carbocycles. The van der Waals surface area contributed by atoms with Gasteiger partial charge in [0.15, 0.2) is 0 Å². The third kappa shape index (κ3) is 5.08. The van der Waals surface area contributed by atoms with Crippen LogP contribution in [0.25, 0.3) is 0 Å². The third-order valence-corrected chi connectivity index (χ3v) is 7.35. The minimum absolute atomic E-state index is 0.0447. The summed E-state index contributed by atoms with van der Waals surface area (Å²) in [4.78, 5) is 40.3. The number of sulfonamides is 1. The molecule has 1 aliphatic rings. The smallest absolute Gasteiger partial charge is 0.269 e. The van der Waals surface area contributed by atoms with Crippen molar-refractivity contribution in [3.8, 4) is 0 Å². The summed E-state index contributed by atoms with van der Waals surface area (Å²) < 4.78 is 26.4. The molecule has 0 unspecified atom stereocenters. The van der Waals surface area contributed by atoms with Crippen LogP contribution in [0.1, 0.15) is 48.2 Å². The third-order valence-electron chi connectivity index (χ3n) is 5.56. The van der Waals surface area contributed by atoms with E-state index in [2.05, 4.69) is 5.32 Å². The lowest BCUT2D eigenvalue weighted by Gasteiger charge is -2.31. The molecular weight excluding hydrogens is 442 g/mol. The van der Waals surface area contributed by atoms with Crippen molar-refractivity contribution in [3.63, 3.8) is 0 Å². The largest absolute Gasteiger partial charge is 0.354 e. The molecule has 3 rings (SSSR count). The van der Waals surface area contributed by atoms with Gasteiger partial charge in [0.1, 0.15) is 17.5 Å². The number of nitrogens with zero attached hydrogens (tertiary/aromatic N) is 2. The zero-order chi connectivity index (χ0) is 24.2. The number of carbonyl (C=O) groups excluding carboxylic acids is 3. The fourth-order valence-electron chi connectivity index (χ4n) is 3.89. The zero-order valence-corrected chi connectivity index (χ0v) is 19.9. The van der Waals surface area contributed by atoms with Crippen molar-refractivity contribution < 1.29 is 22.8 Å². The number of carbonyl (C=O) groups is 3. The van der Waals surface area contributed by atoms with Crippen LogP contribution in [0, 0.1) is 6.92 Å². The Bertz CT molecular complexity index is 1160. The lowest BCUT2D eigenvalue weighted by atomic mass is 10.1. The summed E-state index contributed by atoms with van der Waals surface area (Å²) in [6, 6.07) is 12.6. The predicted molar refractivity (Wildman–Crippen MR) is 124 cm³/mol. The van der Waals surface area contributed by atoms with Crippen molar-refractivity contribution in [2.75, 3.05) is 13.1 Å². The van der Waals surface area contributed by atoms with Gasteiger partial charge in [-0.2, -0.15) is 0 Å². The maximum atomic E-state index is 13.4. The highest BCUT2D eigenvalue weighted by molar-refractivity contribution is 7.90. The van der Waals surface area contributed by atoms with Gasteiger partial charge in [0.25, 0.3) is 15.9 Å². The molecule has 0 bridgehead atoms. The fourth-order valence-corrected chi connectivity index (χ4v) is 5.41. The first kappa shape index (κ1) is 24.4. The molecule has 2 aromatic carbocycles. The van der Waals surface area contributed by atoms with Gasteiger partial charge in [-0.05, 0) is 37.5 Å². The Morgan fingerprint density at radius 1 is 1.09 bits per heavy atom. The van der Waals surface area contributed by atoms with Crippen LogP contribution in [-0.2, 0) is 26.2 Å². The van der Waals surface area contributed by atoms with Crippen LogP contribution >= 0.6 is 0 Å². The van der Waals surface area contributed by atoms with Crippen LogP contribution in [0.3, 0.4) is 0 Å². The maximum absolute atomic E-state index is 13.4. The summed E-state index contributed by atoms with van der Waals surface area (Å²) in [5, 5.41) is 2.82. The summed E-state index contributed by atoms with van der Waals surface area (Å²) in [5.74, 6) is -1.66. The zero-order valence-electron chi connectivity index (χ0n) is 19.1. The number of hydrogen-bond acceptors (Lipinski definition) is 5. The minimum Gasteiger partial charge on any atom is -0.354 e. The maximum Gasteiger partial charge on any atom is 0.269 e. The number of benzene rings is 2. The van der Waals surface area contributed by atoms with Gasteiger partial charge in [-0.15, -0.1) is 0 Å². The van der Waals surface area contributed by atoms with Crippen molar-refractivity contribution in [2.45, 2.75) is 51.1 Å². The van der Waals surface area contributed by atoms with Crippen LogP contribution in [0.15, 0.2) is 53.4 Å². The van der Waals surface area contributed by atoms with E-state index in [9.17, 15) is 22.8 Å². The number of hydrogen-bond donors (Lipinski definition) is 1. The van der Waals surface area contributed by atoms with Crippen molar-refractivity contribution in [3.05, 3.63) is 65.2 Å². The Morgan fingerprint density at radius 3 is 2.45 bits per heavy atom. The van der Waals surface area contributed by atoms with Crippen molar-refractivity contribution in [1.82, 2.24) is 14.5 Å². The fraction of sp³-hybridized carbons (Fsp3) is 0.375. The number of aryl methyl sites for hydroxylation is 1. The van der Waals surface area contributed by atoms with Crippen molar-refractivity contribution in [1.29, 1.82) is 0 Å². The van der Waals surface area contributed by atoms with Gasteiger partial charge in [0, 0.05) is 13.1 Å². The summed E-state index contributed by atoms with van der Waals surface area (Å²) >= 11 is 0. The standard InChI is InChI=1S/C24H29N3O5S/c1-4-13-25-23(29)20(5-2)26(15-18-10-8-9-17(3)14-18)22(28)16-27-24(30)19-11-6-7-12-21(19)33(27,31)32/h6-12,14,20H,4-5,13,15-16H2,1-3H3,(H,25,29)/t20-/m1/s1. The van der Waals surface area contributed by atoms with Gasteiger partial charge in [0.05, 0.1) is 5.56 Å². The number of amides is 3. The molecule has 0 fully saturated rings. The van der Waals surface area contributed by atoms with Gasteiger partial charge < -0.3 is 10.2 Å². The molecule has 1 heterocycles. The SMILES string of the molecule is CCCNC(=O)[C@@H](CC)N(Cc1cccc(C)c1)C(=O)CN1C(=O)c2ccccc2S1(=O)=O. The van der Waals surface area contributed by atoms with E-state index in [4.69, 9.17) is 0 Å². The summed E-state index contributed by atoms with van der Waals surface area (Å²) in [6.45, 7) is 5.56. The highest BCUT2D eigenvalue weighted by atomic mass is 32.2. The van der Waals surface area contributed by atoms with E-state index in [0.717, 1.165) is 17.5 Å². The molecule has 0 radical (unpaired) electrons. The van der Waals surface area contributed by atoms with Crippen LogP contribution in [0.2, 0.25) is 0 Å². The lowest BCUT2D eigenvalue weighted by molar-refractivity contribution is -0.141. The van der Waals surface area contributed by atoms with Gasteiger partial charge >= 0.3 is 0 Å². The molecule has 1 N–H and O–H groups in total. The monoisotopic (exact) mass is 471 g/mol. The van der Waals surface area contributed by atoms with Crippen LogP contribution in [0.5, 0.6) is 0 Å². The normalized spacial score (nSPS) is 15.1. The van der Waals surface area contributed by atoms with Crippen molar-refractivity contribution in [2.24, 2.45) is 0 Å². The summed E-state index contributed by atoms with van der Waals surface area (Å²) in [5.41, 5.74) is 1.85. The first-order valence-corrected chi connectivity index (χ1v) is 12.4. The van der Waals surface area contributed by atoms with E-state index in [1.54, 1.807) is 13.0 Å². The molecule has 9 heteroatoms. The van der Waals surface area contributed by atoms with Gasteiger partial charge in [-0.1, -0.05) is 55.8 Å². The number of rotatable bonds is 9. The van der Waals surface area contributed by atoms with E-state index in [1.807, 2.05) is 38.1 Å². The average Bonchev–Trinajstić information content (AvgIpc) is 2.98.